The Morgan fingerprint density at radius 3 is 2.69 bits per heavy atom. The maximum absolute atomic E-state index is 8.92. The summed E-state index contributed by atoms with van der Waals surface area (Å²) in [5.41, 5.74) is 9.55. The zero-order chi connectivity index (χ0) is 9.84. The zero-order valence-corrected chi connectivity index (χ0v) is 7.05. The van der Waals surface area contributed by atoms with Crippen molar-refractivity contribution >= 4 is 18.3 Å². The van der Waals surface area contributed by atoms with Gasteiger partial charge in [-0.3, -0.25) is 0 Å². The van der Waals surface area contributed by atoms with Gasteiger partial charge in [0.1, 0.15) is 0 Å². The van der Waals surface area contributed by atoms with Crippen molar-refractivity contribution in [2.24, 2.45) is 5.11 Å². The number of azide groups is 1. The van der Waals surface area contributed by atoms with Crippen molar-refractivity contribution < 1.29 is 10.0 Å². The molecule has 2 N–H and O–H groups in total. The minimum atomic E-state index is -1.53. The smallest absolute Gasteiger partial charge is 0.423 e. The molecule has 0 aliphatic carbocycles. The molecule has 0 radical (unpaired) electrons. The van der Waals surface area contributed by atoms with Gasteiger partial charge in [-0.1, -0.05) is 23.3 Å². The van der Waals surface area contributed by atoms with Crippen LogP contribution in [0.15, 0.2) is 23.3 Å². The predicted octanol–water partition coefficient (Wildman–Crippen LogP) is 0.617. The lowest BCUT2D eigenvalue weighted by Crippen LogP contribution is -2.31. The Bertz CT molecular complexity index is 361. The van der Waals surface area contributed by atoms with Crippen LogP contribution in [0, 0.1) is 6.92 Å². The third-order valence-corrected chi connectivity index (χ3v) is 1.78. The third kappa shape index (κ3) is 2.00. The lowest BCUT2D eigenvalue weighted by molar-refractivity contribution is 0.425. The molecule has 0 aliphatic rings. The van der Waals surface area contributed by atoms with Crippen LogP contribution in [0.2, 0.25) is 0 Å². The van der Waals surface area contributed by atoms with E-state index < -0.39 is 7.12 Å². The molecule has 0 saturated heterocycles. The standard InChI is InChI=1S/C7H8BN3O2/c1-5-6(8(12)13)3-2-4-7(5)10-11-9/h2-4,12-13H,1H3. The average Bonchev–Trinajstić information content (AvgIpc) is 2.08. The van der Waals surface area contributed by atoms with Crippen LogP contribution in [0.25, 0.3) is 10.4 Å². The number of hydrogen-bond acceptors (Lipinski definition) is 3. The van der Waals surface area contributed by atoms with E-state index in [2.05, 4.69) is 10.0 Å². The van der Waals surface area contributed by atoms with Gasteiger partial charge in [0.2, 0.25) is 0 Å². The van der Waals surface area contributed by atoms with Gasteiger partial charge >= 0.3 is 7.12 Å². The fourth-order valence-corrected chi connectivity index (χ4v) is 1.08. The molecule has 5 nitrogen and oxygen atoms in total. The molecule has 0 atom stereocenters. The molecule has 0 fully saturated rings. The van der Waals surface area contributed by atoms with E-state index in [0.29, 0.717) is 16.7 Å². The van der Waals surface area contributed by atoms with E-state index >= 15 is 0 Å². The Balaban J connectivity index is 3.25. The van der Waals surface area contributed by atoms with Crippen LogP contribution < -0.4 is 5.46 Å². The molecule has 6 heteroatoms. The molecule has 66 valence electrons. The molecule has 1 aromatic carbocycles. The summed E-state index contributed by atoms with van der Waals surface area (Å²) in [5.74, 6) is 0. The number of nitrogens with zero attached hydrogens (tertiary/aromatic N) is 3. The second kappa shape index (κ2) is 3.95. The second-order valence-corrected chi connectivity index (χ2v) is 2.55. The zero-order valence-electron chi connectivity index (χ0n) is 7.05. The van der Waals surface area contributed by atoms with E-state index in [-0.39, 0.29) is 0 Å². The van der Waals surface area contributed by atoms with Gasteiger partial charge in [0.05, 0.1) is 0 Å². The van der Waals surface area contributed by atoms with Crippen molar-refractivity contribution in [3.63, 3.8) is 0 Å². The van der Waals surface area contributed by atoms with E-state index in [0.717, 1.165) is 0 Å². The molecule has 1 aromatic rings. The molecular formula is C7H8BN3O2. The van der Waals surface area contributed by atoms with Gasteiger partial charge in [0.15, 0.2) is 0 Å². The quantitative estimate of drug-likeness (QED) is 0.300. The number of hydrogen-bond donors (Lipinski definition) is 2. The first-order valence-corrected chi connectivity index (χ1v) is 3.67. The monoisotopic (exact) mass is 177 g/mol. The summed E-state index contributed by atoms with van der Waals surface area (Å²) in [6, 6.07) is 4.78. The molecule has 0 spiro atoms. The van der Waals surface area contributed by atoms with Crippen LogP contribution in [-0.4, -0.2) is 17.2 Å². The number of rotatable bonds is 2. The molecular weight excluding hydrogens is 169 g/mol. The minimum Gasteiger partial charge on any atom is -0.423 e. The van der Waals surface area contributed by atoms with Gasteiger partial charge in [-0.15, -0.1) is 0 Å². The lowest BCUT2D eigenvalue weighted by atomic mass is 9.77. The minimum absolute atomic E-state index is 0.352. The number of benzene rings is 1. The SMILES string of the molecule is Cc1c(N=[N+]=[N-])cccc1B(O)O. The Labute approximate surface area is 75.4 Å². The summed E-state index contributed by atoms with van der Waals surface area (Å²) in [6.45, 7) is 1.67. The van der Waals surface area contributed by atoms with Crippen molar-refractivity contribution in [2.45, 2.75) is 6.92 Å². The highest BCUT2D eigenvalue weighted by atomic mass is 16.4. The first-order valence-electron chi connectivity index (χ1n) is 3.67. The van der Waals surface area contributed by atoms with E-state index in [4.69, 9.17) is 15.6 Å². The first-order chi connectivity index (χ1) is 6.16. The van der Waals surface area contributed by atoms with Crippen LogP contribution in [0.5, 0.6) is 0 Å². The molecule has 0 unspecified atom stereocenters. The molecule has 0 aromatic heterocycles. The largest absolute Gasteiger partial charge is 0.488 e. The maximum Gasteiger partial charge on any atom is 0.488 e. The van der Waals surface area contributed by atoms with Gasteiger partial charge in [0, 0.05) is 10.6 Å². The maximum atomic E-state index is 8.92. The van der Waals surface area contributed by atoms with Crippen molar-refractivity contribution in [2.75, 3.05) is 0 Å². The van der Waals surface area contributed by atoms with Crippen molar-refractivity contribution in [3.05, 3.63) is 34.2 Å². The topological polar surface area (TPSA) is 89.2 Å². The fourth-order valence-electron chi connectivity index (χ4n) is 1.08. The van der Waals surface area contributed by atoms with Crippen LogP contribution in [0.1, 0.15) is 5.56 Å². The Kier molecular flexibility index (Phi) is 2.92. The summed E-state index contributed by atoms with van der Waals surface area (Å²) in [6.07, 6.45) is 0. The molecule has 0 saturated carbocycles. The third-order valence-electron chi connectivity index (χ3n) is 1.78. The van der Waals surface area contributed by atoms with Crippen LogP contribution in [0.4, 0.5) is 5.69 Å². The summed E-state index contributed by atoms with van der Waals surface area (Å²) < 4.78 is 0. The van der Waals surface area contributed by atoms with Crippen molar-refractivity contribution in [1.29, 1.82) is 0 Å². The lowest BCUT2D eigenvalue weighted by Gasteiger charge is -2.05. The fraction of sp³-hybridized carbons (Fsp3) is 0.143. The summed E-state index contributed by atoms with van der Waals surface area (Å²) in [7, 11) is -1.53. The summed E-state index contributed by atoms with van der Waals surface area (Å²) in [5, 5.41) is 21.2. The van der Waals surface area contributed by atoms with Crippen molar-refractivity contribution in [3.8, 4) is 0 Å². The van der Waals surface area contributed by atoms with Gasteiger partial charge < -0.3 is 10.0 Å². The van der Waals surface area contributed by atoms with Crippen LogP contribution in [0.3, 0.4) is 0 Å². The molecule has 0 aliphatic heterocycles. The second-order valence-electron chi connectivity index (χ2n) is 2.55. The van der Waals surface area contributed by atoms with Crippen molar-refractivity contribution in [1.82, 2.24) is 0 Å². The van der Waals surface area contributed by atoms with Gasteiger partial charge in [0.25, 0.3) is 0 Å². The molecule has 1 rings (SSSR count). The van der Waals surface area contributed by atoms with Gasteiger partial charge in [-0.2, -0.15) is 0 Å². The highest BCUT2D eigenvalue weighted by Gasteiger charge is 2.14. The van der Waals surface area contributed by atoms with Crippen LogP contribution >= 0.6 is 0 Å². The Morgan fingerprint density at radius 2 is 2.15 bits per heavy atom. The Hall–Kier alpha value is -1.49. The first kappa shape index (κ1) is 9.60. The van der Waals surface area contributed by atoms with E-state index in [1.807, 2.05) is 0 Å². The summed E-state index contributed by atoms with van der Waals surface area (Å²) in [4.78, 5) is 2.63. The Morgan fingerprint density at radius 1 is 1.46 bits per heavy atom. The molecule has 0 heterocycles. The van der Waals surface area contributed by atoms with E-state index in [9.17, 15) is 0 Å². The highest BCUT2D eigenvalue weighted by Crippen LogP contribution is 2.15. The van der Waals surface area contributed by atoms with Gasteiger partial charge in [-0.25, -0.2) is 0 Å². The normalized spacial score (nSPS) is 9.15. The summed E-state index contributed by atoms with van der Waals surface area (Å²) >= 11 is 0. The van der Waals surface area contributed by atoms with Crippen LogP contribution in [-0.2, 0) is 0 Å². The average molecular weight is 177 g/mol. The predicted molar refractivity (Wildman–Crippen MR) is 49.8 cm³/mol. The van der Waals surface area contributed by atoms with E-state index in [1.165, 1.54) is 0 Å². The molecule has 0 amide bonds. The van der Waals surface area contributed by atoms with E-state index in [1.54, 1.807) is 25.1 Å². The van der Waals surface area contributed by atoms with Gasteiger partial charge in [-0.05, 0) is 23.5 Å². The molecule has 13 heavy (non-hydrogen) atoms. The molecule has 0 bridgehead atoms. The highest BCUT2D eigenvalue weighted by molar-refractivity contribution is 6.59.